The molecule has 4 heterocycles. The Morgan fingerprint density at radius 3 is 2.88 bits per heavy atom. The topological polar surface area (TPSA) is 71.5 Å². The van der Waals surface area contributed by atoms with Crippen LogP contribution in [-0.4, -0.2) is 40.9 Å². The van der Waals surface area contributed by atoms with E-state index in [0.29, 0.717) is 0 Å². The molecular weight excluding hydrogens is 304 g/mol. The molecule has 0 spiro atoms. The van der Waals surface area contributed by atoms with Crippen LogP contribution in [0.3, 0.4) is 0 Å². The van der Waals surface area contributed by atoms with E-state index in [4.69, 9.17) is 0 Å². The van der Waals surface area contributed by atoms with Crippen molar-refractivity contribution >= 4 is 5.65 Å². The number of hydrogen-bond donors (Lipinski definition) is 1. The van der Waals surface area contributed by atoms with Gasteiger partial charge in [0.2, 0.25) is 0 Å². The summed E-state index contributed by atoms with van der Waals surface area (Å²) in [5.74, 6) is 0. The van der Waals surface area contributed by atoms with Gasteiger partial charge >= 0.3 is 0 Å². The maximum atomic E-state index is 9.71. The smallest absolute Gasteiger partial charge is 0.159 e. The van der Waals surface area contributed by atoms with Crippen LogP contribution in [0, 0.1) is 13.8 Å². The van der Waals surface area contributed by atoms with Gasteiger partial charge in [-0.05, 0) is 32.9 Å². The van der Waals surface area contributed by atoms with Crippen molar-refractivity contribution in [3.8, 4) is 0 Å². The van der Waals surface area contributed by atoms with Crippen molar-refractivity contribution in [3.05, 3.63) is 46.7 Å². The number of fused-ring (bicyclic) bond motifs is 2. The average Bonchev–Trinajstić information content (AvgIpc) is 3.11. The number of aromatic nitrogens is 5. The Balaban J connectivity index is 1.58. The minimum atomic E-state index is -0.522. The number of rotatable bonds is 3. The van der Waals surface area contributed by atoms with E-state index in [0.717, 1.165) is 60.2 Å². The van der Waals surface area contributed by atoms with Crippen LogP contribution < -0.4 is 0 Å². The third-order valence-electron chi connectivity index (χ3n) is 4.57. The van der Waals surface area contributed by atoms with E-state index in [1.54, 1.807) is 6.92 Å². The molecule has 0 saturated carbocycles. The van der Waals surface area contributed by atoms with Crippen LogP contribution in [0.5, 0.6) is 0 Å². The van der Waals surface area contributed by atoms with Crippen molar-refractivity contribution in [2.24, 2.45) is 0 Å². The van der Waals surface area contributed by atoms with Gasteiger partial charge in [0.05, 0.1) is 30.2 Å². The molecule has 0 aromatic carbocycles. The SMILES string of the molecule is Cc1cc(C)n2ncc(CN3CCn4nc(C(C)O)cc4C3)c2n1. The summed E-state index contributed by atoms with van der Waals surface area (Å²) in [6, 6.07) is 4.04. The number of aryl methyl sites for hydroxylation is 2. The lowest BCUT2D eigenvalue weighted by molar-refractivity contribution is 0.189. The normalized spacial score (nSPS) is 16.5. The molecule has 1 aliphatic heterocycles. The molecule has 0 bridgehead atoms. The zero-order valence-electron chi connectivity index (χ0n) is 14.3. The molecule has 1 aliphatic rings. The molecule has 3 aromatic rings. The highest BCUT2D eigenvalue weighted by atomic mass is 16.3. The van der Waals surface area contributed by atoms with E-state index in [1.807, 2.05) is 34.5 Å². The summed E-state index contributed by atoms with van der Waals surface area (Å²) in [5.41, 5.74) is 6.09. The Morgan fingerprint density at radius 2 is 2.08 bits per heavy atom. The van der Waals surface area contributed by atoms with Crippen LogP contribution in [0.4, 0.5) is 0 Å². The summed E-state index contributed by atoms with van der Waals surface area (Å²) < 4.78 is 3.91. The average molecular weight is 326 g/mol. The van der Waals surface area contributed by atoms with Crippen LogP contribution in [0.1, 0.15) is 41.4 Å². The van der Waals surface area contributed by atoms with Crippen LogP contribution in [-0.2, 0) is 19.6 Å². The Kier molecular flexibility index (Phi) is 3.62. The standard InChI is InChI=1S/C17H22N6O/c1-11-6-12(2)23-17(19-11)14(8-18-23)9-21-4-5-22-15(10-21)7-16(20-22)13(3)24/h6-8,13,24H,4-5,9-10H2,1-3H3. The van der Waals surface area contributed by atoms with Crippen molar-refractivity contribution < 1.29 is 5.11 Å². The van der Waals surface area contributed by atoms with Crippen LogP contribution in [0.25, 0.3) is 5.65 Å². The minimum Gasteiger partial charge on any atom is -0.387 e. The fourth-order valence-corrected chi connectivity index (χ4v) is 3.35. The lowest BCUT2D eigenvalue weighted by Crippen LogP contribution is -2.33. The second-order valence-corrected chi connectivity index (χ2v) is 6.61. The number of aliphatic hydroxyl groups excluding tert-OH is 1. The number of hydrogen-bond acceptors (Lipinski definition) is 5. The lowest BCUT2D eigenvalue weighted by atomic mass is 10.2. The highest BCUT2D eigenvalue weighted by Crippen LogP contribution is 2.21. The van der Waals surface area contributed by atoms with Gasteiger partial charge in [-0.1, -0.05) is 0 Å². The predicted octanol–water partition coefficient (Wildman–Crippen LogP) is 1.61. The monoisotopic (exact) mass is 326 g/mol. The molecule has 0 radical (unpaired) electrons. The second-order valence-electron chi connectivity index (χ2n) is 6.61. The van der Waals surface area contributed by atoms with Crippen molar-refractivity contribution in [2.75, 3.05) is 6.54 Å². The predicted molar refractivity (Wildman–Crippen MR) is 89.4 cm³/mol. The Hall–Kier alpha value is -2.25. The van der Waals surface area contributed by atoms with E-state index in [9.17, 15) is 5.11 Å². The summed E-state index contributed by atoms with van der Waals surface area (Å²) in [6.07, 6.45) is 1.40. The first-order chi connectivity index (χ1) is 11.5. The molecule has 4 rings (SSSR count). The fourth-order valence-electron chi connectivity index (χ4n) is 3.35. The van der Waals surface area contributed by atoms with Crippen LogP contribution >= 0.6 is 0 Å². The van der Waals surface area contributed by atoms with Crippen molar-refractivity contribution in [1.82, 2.24) is 29.3 Å². The zero-order chi connectivity index (χ0) is 16.8. The molecule has 0 aliphatic carbocycles. The van der Waals surface area contributed by atoms with Crippen molar-refractivity contribution in [1.29, 1.82) is 0 Å². The second kappa shape index (κ2) is 5.68. The van der Waals surface area contributed by atoms with Crippen LogP contribution in [0.2, 0.25) is 0 Å². The van der Waals surface area contributed by atoms with Gasteiger partial charge in [-0.25, -0.2) is 9.50 Å². The van der Waals surface area contributed by atoms with Gasteiger partial charge in [0.1, 0.15) is 0 Å². The molecule has 1 N–H and O–H groups in total. The molecular formula is C17H22N6O. The van der Waals surface area contributed by atoms with Gasteiger partial charge in [0, 0.05) is 36.6 Å². The van der Waals surface area contributed by atoms with Crippen LogP contribution in [0.15, 0.2) is 18.3 Å². The summed E-state index contributed by atoms with van der Waals surface area (Å²) in [4.78, 5) is 7.03. The van der Waals surface area contributed by atoms with E-state index >= 15 is 0 Å². The van der Waals surface area contributed by atoms with Gasteiger partial charge in [0.25, 0.3) is 0 Å². The van der Waals surface area contributed by atoms with Gasteiger partial charge < -0.3 is 5.11 Å². The molecule has 0 fully saturated rings. The molecule has 1 atom stereocenters. The Labute approximate surface area is 140 Å². The minimum absolute atomic E-state index is 0.522. The first-order valence-corrected chi connectivity index (χ1v) is 8.29. The Bertz CT molecular complexity index is 894. The van der Waals surface area contributed by atoms with Crippen molar-refractivity contribution in [2.45, 2.75) is 46.5 Å². The first-order valence-electron chi connectivity index (χ1n) is 8.29. The molecule has 126 valence electrons. The molecule has 3 aromatic heterocycles. The fraction of sp³-hybridized carbons (Fsp3) is 0.471. The maximum Gasteiger partial charge on any atom is 0.159 e. The van der Waals surface area contributed by atoms with Gasteiger partial charge in [-0.3, -0.25) is 9.58 Å². The van der Waals surface area contributed by atoms with Gasteiger partial charge in [0.15, 0.2) is 5.65 Å². The molecule has 7 heteroatoms. The lowest BCUT2D eigenvalue weighted by Gasteiger charge is -2.27. The Morgan fingerprint density at radius 1 is 1.25 bits per heavy atom. The largest absolute Gasteiger partial charge is 0.387 e. The summed E-state index contributed by atoms with van der Waals surface area (Å²) >= 11 is 0. The molecule has 24 heavy (non-hydrogen) atoms. The number of aliphatic hydroxyl groups is 1. The summed E-state index contributed by atoms with van der Waals surface area (Å²) in [5, 5.41) is 18.6. The van der Waals surface area contributed by atoms with E-state index in [-0.39, 0.29) is 0 Å². The maximum absolute atomic E-state index is 9.71. The number of nitrogens with zero attached hydrogens (tertiary/aromatic N) is 6. The molecule has 7 nitrogen and oxygen atoms in total. The van der Waals surface area contributed by atoms with Gasteiger partial charge in [-0.2, -0.15) is 10.2 Å². The summed E-state index contributed by atoms with van der Waals surface area (Å²) in [6.45, 7) is 9.22. The quantitative estimate of drug-likeness (QED) is 0.792. The highest BCUT2D eigenvalue weighted by molar-refractivity contribution is 5.47. The van der Waals surface area contributed by atoms with Crippen molar-refractivity contribution in [3.63, 3.8) is 0 Å². The van der Waals surface area contributed by atoms with E-state index < -0.39 is 6.10 Å². The summed E-state index contributed by atoms with van der Waals surface area (Å²) in [7, 11) is 0. The van der Waals surface area contributed by atoms with Gasteiger partial charge in [-0.15, -0.1) is 0 Å². The third-order valence-corrected chi connectivity index (χ3v) is 4.57. The zero-order valence-corrected chi connectivity index (χ0v) is 14.3. The third kappa shape index (κ3) is 2.59. The molecule has 0 amide bonds. The van der Waals surface area contributed by atoms with E-state index in [1.165, 1.54) is 0 Å². The molecule has 0 saturated heterocycles. The van der Waals surface area contributed by atoms with E-state index in [2.05, 4.69) is 27.0 Å². The first kappa shape index (κ1) is 15.3. The highest BCUT2D eigenvalue weighted by Gasteiger charge is 2.21. The molecule has 1 unspecified atom stereocenters.